The maximum atomic E-state index is 12.7. The van der Waals surface area contributed by atoms with Gasteiger partial charge in [-0.3, -0.25) is 9.59 Å². The number of hydrogen-bond acceptors (Lipinski definition) is 4. The molecule has 1 atom stereocenters. The SMILES string of the molecule is CCC(Oc1ccc(-c2ccccc2)cc1)C(=O)Nc1ccc(C(=O)NCCOC)cc1. The van der Waals surface area contributed by atoms with Crippen molar-refractivity contribution in [3.63, 3.8) is 0 Å². The fourth-order valence-electron chi connectivity index (χ4n) is 3.14. The van der Waals surface area contributed by atoms with Crippen LogP contribution in [0.4, 0.5) is 5.69 Å². The Kier molecular flexibility index (Phi) is 8.40. The molecule has 0 aliphatic heterocycles. The molecule has 0 bridgehead atoms. The van der Waals surface area contributed by atoms with Crippen LogP contribution in [0.25, 0.3) is 11.1 Å². The second-order valence-electron chi connectivity index (χ2n) is 7.22. The van der Waals surface area contributed by atoms with Crippen LogP contribution in [0, 0.1) is 0 Å². The summed E-state index contributed by atoms with van der Waals surface area (Å²) in [5, 5.41) is 5.61. The molecule has 3 rings (SSSR count). The molecule has 3 aromatic rings. The molecule has 0 aliphatic rings. The highest BCUT2D eigenvalue weighted by molar-refractivity contribution is 5.97. The predicted octanol–water partition coefficient (Wildman–Crippen LogP) is 4.53. The van der Waals surface area contributed by atoms with Crippen LogP contribution in [0.3, 0.4) is 0 Å². The summed E-state index contributed by atoms with van der Waals surface area (Å²) in [6.07, 6.45) is -0.110. The zero-order chi connectivity index (χ0) is 22.8. The van der Waals surface area contributed by atoms with Gasteiger partial charge in [0, 0.05) is 24.9 Å². The number of hydrogen-bond donors (Lipinski definition) is 2. The third-order valence-electron chi connectivity index (χ3n) is 4.91. The number of amides is 2. The van der Waals surface area contributed by atoms with E-state index in [1.165, 1.54) is 0 Å². The first-order valence-electron chi connectivity index (χ1n) is 10.6. The second-order valence-corrected chi connectivity index (χ2v) is 7.22. The minimum Gasteiger partial charge on any atom is -0.481 e. The summed E-state index contributed by atoms with van der Waals surface area (Å²) in [7, 11) is 1.58. The zero-order valence-electron chi connectivity index (χ0n) is 18.3. The van der Waals surface area contributed by atoms with Crippen molar-refractivity contribution < 1.29 is 19.1 Å². The maximum Gasteiger partial charge on any atom is 0.265 e. The van der Waals surface area contributed by atoms with Crippen molar-refractivity contribution in [2.45, 2.75) is 19.4 Å². The molecule has 0 aliphatic carbocycles. The van der Waals surface area contributed by atoms with Crippen molar-refractivity contribution in [1.82, 2.24) is 5.32 Å². The first kappa shape index (κ1) is 23.0. The van der Waals surface area contributed by atoms with Gasteiger partial charge in [0.1, 0.15) is 5.75 Å². The lowest BCUT2D eigenvalue weighted by molar-refractivity contribution is -0.122. The van der Waals surface area contributed by atoms with Gasteiger partial charge in [0.25, 0.3) is 11.8 Å². The van der Waals surface area contributed by atoms with E-state index in [9.17, 15) is 9.59 Å². The Morgan fingerprint density at radius 2 is 1.53 bits per heavy atom. The first-order valence-corrected chi connectivity index (χ1v) is 10.6. The van der Waals surface area contributed by atoms with Gasteiger partial charge in [-0.05, 0) is 53.9 Å². The number of carbonyl (C=O) groups is 2. The maximum absolute atomic E-state index is 12.7. The van der Waals surface area contributed by atoms with E-state index >= 15 is 0 Å². The Labute approximate surface area is 188 Å². The van der Waals surface area contributed by atoms with E-state index in [2.05, 4.69) is 10.6 Å². The molecule has 6 heteroatoms. The summed E-state index contributed by atoms with van der Waals surface area (Å²) in [5.41, 5.74) is 3.33. The Morgan fingerprint density at radius 1 is 0.875 bits per heavy atom. The monoisotopic (exact) mass is 432 g/mol. The average molecular weight is 433 g/mol. The largest absolute Gasteiger partial charge is 0.481 e. The molecule has 0 spiro atoms. The van der Waals surface area contributed by atoms with Gasteiger partial charge in [-0.25, -0.2) is 0 Å². The van der Waals surface area contributed by atoms with Gasteiger partial charge in [0.05, 0.1) is 6.61 Å². The van der Waals surface area contributed by atoms with E-state index < -0.39 is 6.10 Å². The van der Waals surface area contributed by atoms with Crippen LogP contribution in [0.15, 0.2) is 78.9 Å². The molecule has 32 heavy (non-hydrogen) atoms. The van der Waals surface area contributed by atoms with E-state index in [-0.39, 0.29) is 11.8 Å². The average Bonchev–Trinajstić information content (AvgIpc) is 2.84. The molecule has 3 aromatic carbocycles. The number of anilines is 1. The molecular weight excluding hydrogens is 404 g/mol. The van der Waals surface area contributed by atoms with Crippen molar-refractivity contribution in [2.75, 3.05) is 25.6 Å². The summed E-state index contributed by atoms with van der Waals surface area (Å²) in [6.45, 7) is 2.79. The molecular formula is C26H28N2O4. The van der Waals surface area contributed by atoms with Gasteiger partial charge < -0.3 is 20.1 Å². The van der Waals surface area contributed by atoms with Crippen molar-refractivity contribution in [2.24, 2.45) is 0 Å². The lowest BCUT2D eigenvalue weighted by atomic mass is 10.1. The number of benzene rings is 3. The number of rotatable bonds is 10. The Morgan fingerprint density at radius 3 is 2.16 bits per heavy atom. The molecule has 0 saturated heterocycles. The van der Waals surface area contributed by atoms with E-state index in [0.717, 1.165) is 11.1 Å². The van der Waals surface area contributed by atoms with Gasteiger partial charge in [0.2, 0.25) is 0 Å². The Hall–Kier alpha value is -3.64. The van der Waals surface area contributed by atoms with Crippen molar-refractivity contribution in [1.29, 1.82) is 0 Å². The minimum absolute atomic E-state index is 0.186. The van der Waals surface area contributed by atoms with Gasteiger partial charge in [-0.2, -0.15) is 0 Å². The van der Waals surface area contributed by atoms with Crippen LogP contribution in [0.5, 0.6) is 5.75 Å². The van der Waals surface area contributed by atoms with Gasteiger partial charge in [-0.15, -0.1) is 0 Å². The zero-order valence-corrected chi connectivity index (χ0v) is 18.3. The topological polar surface area (TPSA) is 76.7 Å². The van der Waals surface area contributed by atoms with E-state index in [4.69, 9.17) is 9.47 Å². The molecule has 0 radical (unpaired) electrons. The normalized spacial score (nSPS) is 11.4. The van der Waals surface area contributed by atoms with Crippen molar-refractivity contribution >= 4 is 17.5 Å². The molecule has 1 unspecified atom stereocenters. The van der Waals surface area contributed by atoms with Crippen molar-refractivity contribution in [3.05, 3.63) is 84.4 Å². The molecule has 0 fully saturated rings. The van der Waals surface area contributed by atoms with Crippen LogP contribution in [0.1, 0.15) is 23.7 Å². The number of ether oxygens (including phenoxy) is 2. The molecule has 2 N–H and O–H groups in total. The van der Waals surface area contributed by atoms with Gasteiger partial charge in [0.15, 0.2) is 6.10 Å². The number of methoxy groups -OCH3 is 1. The second kappa shape index (κ2) is 11.7. The fraction of sp³-hybridized carbons (Fsp3) is 0.231. The summed E-state index contributed by atoms with van der Waals surface area (Å²) in [4.78, 5) is 24.8. The molecule has 166 valence electrons. The highest BCUT2D eigenvalue weighted by atomic mass is 16.5. The third kappa shape index (κ3) is 6.43. The van der Waals surface area contributed by atoms with E-state index in [0.29, 0.717) is 36.6 Å². The number of nitrogens with one attached hydrogen (secondary N) is 2. The Bertz CT molecular complexity index is 1000. The lowest BCUT2D eigenvalue weighted by Crippen LogP contribution is -2.32. The van der Waals surface area contributed by atoms with Crippen LogP contribution < -0.4 is 15.4 Å². The highest BCUT2D eigenvalue weighted by Crippen LogP contribution is 2.23. The first-order chi connectivity index (χ1) is 15.6. The third-order valence-corrected chi connectivity index (χ3v) is 4.91. The molecule has 0 aromatic heterocycles. The quantitative estimate of drug-likeness (QED) is 0.462. The van der Waals surface area contributed by atoms with Crippen molar-refractivity contribution in [3.8, 4) is 16.9 Å². The molecule has 0 heterocycles. The van der Waals surface area contributed by atoms with E-state index in [1.807, 2.05) is 61.5 Å². The minimum atomic E-state index is -0.630. The molecule has 6 nitrogen and oxygen atoms in total. The smallest absolute Gasteiger partial charge is 0.265 e. The van der Waals surface area contributed by atoms with Crippen LogP contribution in [-0.4, -0.2) is 38.2 Å². The lowest BCUT2D eigenvalue weighted by Gasteiger charge is -2.18. The van der Waals surface area contributed by atoms with E-state index in [1.54, 1.807) is 31.4 Å². The highest BCUT2D eigenvalue weighted by Gasteiger charge is 2.19. The summed E-state index contributed by atoms with van der Waals surface area (Å²) < 4.78 is 10.8. The Balaban J connectivity index is 1.57. The molecule has 2 amide bonds. The number of carbonyl (C=O) groups excluding carboxylic acids is 2. The standard InChI is InChI=1S/C26H28N2O4/c1-3-24(32-23-15-11-20(12-16-23)19-7-5-4-6-8-19)26(30)28-22-13-9-21(10-14-22)25(29)27-17-18-31-2/h4-16,24H,3,17-18H2,1-2H3,(H,27,29)(H,28,30). The van der Waals surface area contributed by atoms with Crippen LogP contribution in [-0.2, 0) is 9.53 Å². The van der Waals surface area contributed by atoms with Gasteiger partial charge in [-0.1, -0.05) is 49.4 Å². The van der Waals surface area contributed by atoms with Crippen LogP contribution >= 0.6 is 0 Å². The summed E-state index contributed by atoms with van der Waals surface area (Å²) in [6, 6.07) is 24.5. The van der Waals surface area contributed by atoms with Gasteiger partial charge >= 0.3 is 0 Å². The molecule has 0 saturated carbocycles. The fourth-order valence-corrected chi connectivity index (χ4v) is 3.14. The summed E-state index contributed by atoms with van der Waals surface area (Å²) >= 11 is 0. The summed E-state index contributed by atoms with van der Waals surface area (Å²) in [5.74, 6) is 0.209. The predicted molar refractivity (Wildman–Crippen MR) is 126 cm³/mol. The van der Waals surface area contributed by atoms with Crippen LogP contribution in [0.2, 0.25) is 0 Å².